The molecular weight excluding hydrogens is 386 g/mol. The highest BCUT2D eigenvalue weighted by atomic mass is 16.4. The minimum atomic E-state index is -1.39. The van der Waals surface area contributed by atoms with E-state index in [1.54, 1.807) is 13.8 Å². The van der Waals surface area contributed by atoms with Crippen LogP contribution in [0.4, 0.5) is 0 Å². The molecule has 0 radical (unpaired) electrons. The second kappa shape index (κ2) is 12.7. The first-order valence-electron chi connectivity index (χ1n) is 9.23. The van der Waals surface area contributed by atoms with Crippen molar-refractivity contribution in [3.63, 3.8) is 0 Å². The molecule has 0 aromatic carbocycles. The van der Waals surface area contributed by atoms with Crippen molar-refractivity contribution >= 4 is 29.6 Å². The van der Waals surface area contributed by atoms with Gasteiger partial charge in [0.25, 0.3) is 0 Å². The van der Waals surface area contributed by atoms with Crippen molar-refractivity contribution in [2.24, 2.45) is 17.4 Å². The van der Waals surface area contributed by atoms with Crippen molar-refractivity contribution in [1.29, 1.82) is 0 Å². The number of nitrogens with two attached hydrogens (primary N) is 2. The van der Waals surface area contributed by atoms with Gasteiger partial charge in [-0.3, -0.25) is 19.2 Å². The van der Waals surface area contributed by atoms with E-state index in [1.807, 2.05) is 0 Å². The summed E-state index contributed by atoms with van der Waals surface area (Å²) >= 11 is 0. The monoisotopic (exact) mass is 417 g/mol. The Bertz CT molecular complexity index is 611. The van der Waals surface area contributed by atoms with E-state index < -0.39 is 60.4 Å². The molecule has 0 heterocycles. The zero-order valence-electron chi connectivity index (χ0n) is 16.8. The molecule has 0 fully saturated rings. The van der Waals surface area contributed by atoms with Crippen LogP contribution in [0, 0.1) is 5.92 Å². The Hall–Kier alpha value is -2.73. The molecule has 12 heteroatoms. The fraction of sp³-hybridized carbons (Fsp3) is 0.706. The number of primary amides is 1. The van der Waals surface area contributed by atoms with Crippen molar-refractivity contribution < 1.29 is 34.2 Å². The standard InChI is InChI=1S/C17H31N5O7/c1-4-8(2)13(17(28)29)22-15(26)10(5-6-12(19)24)20-16(27)11(7-23)21-14(25)9(3)18/h8-11,13,23H,4-7,18H2,1-3H3,(H2,19,24)(H,20,27)(H,21,25)(H,22,26)(H,28,29). The van der Waals surface area contributed by atoms with Crippen LogP contribution in [-0.2, 0) is 24.0 Å². The number of carboxylic acid groups (broad SMARTS) is 1. The molecule has 4 amide bonds. The van der Waals surface area contributed by atoms with Crippen molar-refractivity contribution in [2.75, 3.05) is 6.61 Å². The lowest BCUT2D eigenvalue weighted by atomic mass is 9.98. The van der Waals surface area contributed by atoms with Crippen molar-refractivity contribution in [3.05, 3.63) is 0 Å². The second-order valence-corrected chi connectivity index (χ2v) is 6.81. The molecule has 166 valence electrons. The van der Waals surface area contributed by atoms with E-state index in [2.05, 4.69) is 16.0 Å². The molecule has 0 aromatic rings. The van der Waals surface area contributed by atoms with Crippen LogP contribution in [-0.4, -0.2) is 70.6 Å². The van der Waals surface area contributed by atoms with Gasteiger partial charge in [0.05, 0.1) is 12.6 Å². The van der Waals surface area contributed by atoms with Gasteiger partial charge < -0.3 is 37.6 Å². The van der Waals surface area contributed by atoms with Crippen molar-refractivity contribution in [2.45, 2.75) is 64.2 Å². The van der Waals surface area contributed by atoms with Gasteiger partial charge in [-0.05, 0) is 19.3 Å². The van der Waals surface area contributed by atoms with Crippen LogP contribution in [0.15, 0.2) is 0 Å². The van der Waals surface area contributed by atoms with Gasteiger partial charge in [0.2, 0.25) is 23.6 Å². The molecule has 12 nitrogen and oxygen atoms in total. The molecule has 0 saturated heterocycles. The van der Waals surface area contributed by atoms with E-state index >= 15 is 0 Å². The first-order valence-corrected chi connectivity index (χ1v) is 9.23. The maximum atomic E-state index is 12.6. The third-order valence-electron chi connectivity index (χ3n) is 4.32. The Morgan fingerprint density at radius 3 is 1.86 bits per heavy atom. The zero-order valence-corrected chi connectivity index (χ0v) is 16.8. The summed E-state index contributed by atoms with van der Waals surface area (Å²) in [5.74, 6) is -4.79. The summed E-state index contributed by atoms with van der Waals surface area (Å²) in [5.41, 5.74) is 10.5. The molecule has 29 heavy (non-hydrogen) atoms. The summed E-state index contributed by atoms with van der Waals surface area (Å²) < 4.78 is 0. The molecule has 0 aliphatic rings. The van der Waals surface area contributed by atoms with Gasteiger partial charge in [-0.1, -0.05) is 20.3 Å². The number of aliphatic hydroxyl groups excluding tert-OH is 1. The molecule has 9 N–H and O–H groups in total. The van der Waals surface area contributed by atoms with Gasteiger partial charge in [-0.15, -0.1) is 0 Å². The highest BCUT2D eigenvalue weighted by molar-refractivity contribution is 5.94. The molecule has 0 bridgehead atoms. The number of hydrogen-bond donors (Lipinski definition) is 7. The molecule has 0 spiro atoms. The fourth-order valence-corrected chi connectivity index (χ4v) is 2.26. The molecule has 0 saturated carbocycles. The van der Waals surface area contributed by atoms with Gasteiger partial charge in [0, 0.05) is 6.42 Å². The lowest BCUT2D eigenvalue weighted by molar-refractivity contribution is -0.144. The number of nitrogens with one attached hydrogen (secondary N) is 3. The van der Waals surface area contributed by atoms with Crippen LogP contribution < -0.4 is 27.4 Å². The minimum Gasteiger partial charge on any atom is -0.480 e. The highest BCUT2D eigenvalue weighted by Gasteiger charge is 2.31. The maximum absolute atomic E-state index is 12.6. The van der Waals surface area contributed by atoms with Gasteiger partial charge >= 0.3 is 5.97 Å². The first-order chi connectivity index (χ1) is 13.4. The van der Waals surface area contributed by atoms with E-state index in [0.717, 1.165) is 0 Å². The Kier molecular flexibility index (Phi) is 11.5. The smallest absolute Gasteiger partial charge is 0.326 e. The lowest BCUT2D eigenvalue weighted by Gasteiger charge is -2.25. The number of rotatable bonds is 13. The van der Waals surface area contributed by atoms with E-state index in [9.17, 15) is 34.2 Å². The van der Waals surface area contributed by atoms with E-state index in [0.29, 0.717) is 6.42 Å². The zero-order chi connectivity index (χ0) is 22.7. The summed E-state index contributed by atoms with van der Waals surface area (Å²) in [6.07, 6.45) is 0.0278. The fourth-order valence-electron chi connectivity index (χ4n) is 2.26. The van der Waals surface area contributed by atoms with E-state index in [4.69, 9.17) is 11.5 Å². The van der Waals surface area contributed by atoms with Crippen LogP contribution in [0.2, 0.25) is 0 Å². The van der Waals surface area contributed by atoms with Crippen LogP contribution in [0.5, 0.6) is 0 Å². The Morgan fingerprint density at radius 2 is 1.45 bits per heavy atom. The lowest BCUT2D eigenvalue weighted by Crippen LogP contribution is -2.58. The minimum absolute atomic E-state index is 0.195. The predicted octanol–water partition coefficient (Wildman–Crippen LogP) is -2.82. The van der Waals surface area contributed by atoms with Crippen LogP contribution in [0.3, 0.4) is 0 Å². The molecule has 0 aromatic heterocycles. The third kappa shape index (κ3) is 9.34. The first kappa shape index (κ1) is 26.3. The quantitative estimate of drug-likeness (QED) is 0.165. The summed E-state index contributed by atoms with van der Waals surface area (Å²) in [5, 5.41) is 25.5. The summed E-state index contributed by atoms with van der Waals surface area (Å²) in [6.45, 7) is 4.01. The number of aliphatic hydroxyl groups is 1. The number of amides is 4. The Morgan fingerprint density at radius 1 is 0.931 bits per heavy atom. The second-order valence-electron chi connectivity index (χ2n) is 6.81. The molecule has 5 unspecified atom stereocenters. The Labute approximate surface area is 168 Å². The highest BCUT2D eigenvalue weighted by Crippen LogP contribution is 2.09. The summed E-state index contributed by atoms with van der Waals surface area (Å²) in [4.78, 5) is 59.1. The van der Waals surface area contributed by atoms with Gasteiger partial charge in [-0.25, -0.2) is 4.79 Å². The van der Waals surface area contributed by atoms with E-state index in [-0.39, 0.29) is 18.8 Å². The molecule has 0 rings (SSSR count). The number of carbonyl (C=O) groups excluding carboxylic acids is 4. The average Bonchev–Trinajstić information content (AvgIpc) is 2.65. The summed E-state index contributed by atoms with van der Waals surface area (Å²) in [7, 11) is 0. The maximum Gasteiger partial charge on any atom is 0.326 e. The van der Waals surface area contributed by atoms with Crippen LogP contribution in [0.25, 0.3) is 0 Å². The molecular formula is C17H31N5O7. The van der Waals surface area contributed by atoms with Gasteiger partial charge in [0.15, 0.2) is 0 Å². The summed E-state index contributed by atoms with van der Waals surface area (Å²) in [6, 6.07) is -4.83. The van der Waals surface area contributed by atoms with Crippen LogP contribution >= 0.6 is 0 Å². The predicted molar refractivity (Wildman–Crippen MR) is 102 cm³/mol. The van der Waals surface area contributed by atoms with Gasteiger partial charge in [0.1, 0.15) is 18.1 Å². The molecule has 0 aliphatic carbocycles. The normalized spacial score (nSPS) is 15.9. The van der Waals surface area contributed by atoms with Crippen molar-refractivity contribution in [3.8, 4) is 0 Å². The topological polar surface area (TPSA) is 214 Å². The van der Waals surface area contributed by atoms with Gasteiger partial charge in [-0.2, -0.15) is 0 Å². The molecule has 5 atom stereocenters. The van der Waals surface area contributed by atoms with E-state index in [1.165, 1.54) is 6.92 Å². The number of hydrogen-bond acceptors (Lipinski definition) is 7. The third-order valence-corrected chi connectivity index (χ3v) is 4.32. The largest absolute Gasteiger partial charge is 0.480 e. The van der Waals surface area contributed by atoms with Crippen LogP contribution in [0.1, 0.15) is 40.0 Å². The Balaban J connectivity index is 5.35. The molecule has 0 aliphatic heterocycles. The average molecular weight is 417 g/mol. The van der Waals surface area contributed by atoms with Crippen molar-refractivity contribution in [1.82, 2.24) is 16.0 Å². The number of carboxylic acids is 1. The SMILES string of the molecule is CCC(C)C(NC(=O)C(CCC(N)=O)NC(=O)C(CO)NC(=O)C(C)N)C(=O)O. The number of aliphatic carboxylic acids is 1. The number of carbonyl (C=O) groups is 5.